The molecule has 2 bridgehead atoms. The molecule has 0 aromatic rings. The second-order valence-corrected chi connectivity index (χ2v) is 4.37. The Morgan fingerprint density at radius 1 is 1.50 bits per heavy atom. The number of hydrogen-bond donors (Lipinski definition) is 0. The van der Waals surface area contributed by atoms with Gasteiger partial charge in [-0.3, -0.25) is 4.90 Å². The molecule has 1 heteroatoms. The first-order valence-corrected chi connectivity index (χ1v) is 4.19. The van der Waals surface area contributed by atoms with Crippen LogP contribution in [-0.4, -0.2) is 17.5 Å². The van der Waals surface area contributed by atoms with Gasteiger partial charge in [-0.1, -0.05) is 13.8 Å². The lowest BCUT2D eigenvalue weighted by Crippen LogP contribution is -2.61. The van der Waals surface area contributed by atoms with Crippen LogP contribution in [0, 0.1) is 18.4 Å². The van der Waals surface area contributed by atoms with E-state index in [9.17, 15) is 0 Å². The van der Waals surface area contributed by atoms with Gasteiger partial charge in [-0.25, -0.2) is 0 Å². The third kappa shape index (κ3) is 0.619. The first-order valence-electron chi connectivity index (χ1n) is 4.19. The van der Waals surface area contributed by atoms with Crippen molar-refractivity contribution < 1.29 is 0 Å². The van der Waals surface area contributed by atoms with Crippen molar-refractivity contribution in [1.29, 1.82) is 0 Å². The summed E-state index contributed by atoms with van der Waals surface area (Å²) in [6.07, 6.45) is 2.77. The lowest BCUT2D eigenvalue weighted by molar-refractivity contribution is -0.0926. The highest BCUT2D eigenvalue weighted by atomic mass is 15.2. The molecule has 2 unspecified atom stereocenters. The summed E-state index contributed by atoms with van der Waals surface area (Å²) in [5, 5.41) is 0. The van der Waals surface area contributed by atoms with Gasteiger partial charge >= 0.3 is 0 Å². The van der Waals surface area contributed by atoms with Gasteiger partial charge in [-0.05, 0) is 30.7 Å². The van der Waals surface area contributed by atoms with Crippen molar-refractivity contribution in [2.24, 2.45) is 11.3 Å². The molecule has 0 aromatic carbocycles. The fourth-order valence-electron chi connectivity index (χ4n) is 2.58. The molecule has 0 N–H and O–H groups in total. The Balaban J connectivity index is 2.16. The number of piperidine rings is 2. The fourth-order valence-corrected chi connectivity index (χ4v) is 2.58. The van der Waals surface area contributed by atoms with Crippen LogP contribution in [-0.2, 0) is 0 Å². The number of rotatable bonds is 0. The first-order chi connectivity index (χ1) is 4.62. The molecule has 57 valence electrons. The summed E-state index contributed by atoms with van der Waals surface area (Å²) in [6.45, 7) is 5.98. The lowest BCUT2D eigenvalue weighted by atomic mass is 9.55. The van der Waals surface area contributed by atoms with Crippen LogP contribution in [0.2, 0.25) is 0 Å². The molecular formula is C9H16N. The van der Waals surface area contributed by atoms with Gasteiger partial charge < -0.3 is 0 Å². The van der Waals surface area contributed by atoms with Crippen LogP contribution < -0.4 is 0 Å². The zero-order chi connectivity index (χ0) is 7.35. The van der Waals surface area contributed by atoms with Gasteiger partial charge in [0.25, 0.3) is 0 Å². The van der Waals surface area contributed by atoms with Gasteiger partial charge in [0.15, 0.2) is 0 Å². The Morgan fingerprint density at radius 3 is 2.50 bits per heavy atom. The number of fused-ring (bicyclic) bond motifs is 2. The summed E-state index contributed by atoms with van der Waals surface area (Å²) in [5.41, 5.74) is 0.569. The topological polar surface area (TPSA) is 3.24 Å². The standard InChI is InChI=1S/C9H16N/c1-9(2)7-4-5-10(3)8(9)6-7/h7-8H,3-6H2,1-2H3. The summed E-state index contributed by atoms with van der Waals surface area (Å²) in [4.78, 5) is 2.28. The minimum absolute atomic E-state index is 0.569. The van der Waals surface area contributed by atoms with E-state index in [0.29, 0.717) is 5.41 Å². The van der Waals surface area contributed by atoms with Gasteiger partial charge in [0, 0.05) is 13.1 Å². The summed E-state index contributed by atoms with van der Waals surface area (Å²) >= 11 is 0. The van der Waals surface area contributed by atoms with Crippen LogP contribution in [0.5, 0.6) is 0 Å². The van der Waals surface area contributed by atoms with Crippen molar-refractivity contribution in [3.8, 4) is 0 Å². The normalized spacial score (nSPS) is 44.7. The van der Waals surface area contributed by atoms with Crippen molar-refractivity contribution >= 4 is 0 Å². The predicted octanol–water partition coefficient (Wildman–Crippen LogP) is 1.90. The zero-order valence-electron chi connectivity index (χ0n) is 6.93. The Morgan fingerprint density at radius 2 is 2.20 bits per heavy atom. The first kappa shape index (κ1) is 6.66. The highest BCUT2D eigenvalue weighted by Crippen LogP contribution is 2.53. The van der Waals surface area contributed by atoms with E-state index in [4.69, 9.17) is 0 Å². The largest absolute Gasteiger partial charge is 0.299 e. The highest BCUT2D eigenvalue weighted by molar-refractivity contribution is 5.05. The van der Waals surface area contributed by atoms with Crippen molar-refractivity contribution in [3.63, 3.8) is 0 Å². The minimum atomic E-state index is 0.569. The Hall–Kier alpha value is -0.0400. The Bertz CT molecular complexity index is 149. The highest BCUT2D eigenvalue weighted by Gasteiger charge is 2.52. The van der Waals surface area contributed by atoms with Crippen LogP contribution in [0.25, 0.3) is 0 Å². The molecule has 2 heterocycles. The maximum Gasteiger partial charge on any atom is 0.0152 e. The number of hydrogen-bond acceptors (Lipinski definition) is 1. The summed E-state index contributed by atoms with van der Waals surface area (Å²) in [6, 6.07) is 0.784. The summed E-state index contributed by atoms with van der Waals surface area (Å²) < 4.78 is 0. The van der Waals surface area contributed by atoms with Gasteiger partial charge in [-0.15, -0.1) is 0 Å². The third-order valence-corrected chi connectivity index (χ3v) is 3.62. The summed E-state index contributed by atoms with van der Waals surface area (Å²) in [5.74, 6) is 0.996. The van der Waals surface area contributed by atoms with Crippen molar-refractivity contribution in [2.45, 2.75) is 32.7 Å². The smallest absolute Gasteiger partial charge is 0.0152 e. The molecule has 3 aliphatic rings. The fraction of sp³-hybridized carbons (Fsp3) is 0.889. The molecule has 1 aliphatic carbocycles. The molecule has 1 radical (unpaired) electrons. The van der Waals surface area contributed by atoms with Crippen LogP contribution in [0.4, 0.5) is 0 Å². The maximum atomic E-state index is 4.05. The SMILES string of the molecule is [CH2]N1CCC2CC1C2(C)C. The molecule has 3 rings (SSSR count). The molecule has 0 spiro atoms. The Kier molecular flexibility index (Phi) is 1.17. The Labute approximate surface area is 63.4 Å². The molecule has 3 fully saturated rings. The average Bonchev–Trinajstić information content (AvgIpc) is 1.87. The van der Waals surface area contributed by atoms with E-state index in [2.05, 4.69) is 25.8 Å². The average molecular weight is 138 g/mol. The second-order valence-electron chi connectivity index (χ2n) is 4.37. The molecule has 1 saturated carbocycles. The molecule has 0 amide bonds. The van der Waals surface area contributed by atoms with E-state index in [0.717, 1.165) is 12.0 Å². The van der Waals surface area contributed by atoms with Crippen LogP contribution in [0.1, 0.15) is 26.7 Å². The molecule has 2 saturated heterocycles. The van der Waals surface area contributed by atoms with Gasteiger partial charge in [0.2, 0.25) is 0 Å². The van der Waals surface area contributed by atoms with Crippen molar-refractivity contribution in [2.75, 3.05) is 6.54 Å². The maximum absolute atomic E-state index is 4.05. The predicted molar refractivity (Wildman–Crippen MR) is 42.4 cm³/mol. The molecule has 10 heavy (non-hydrogen) atoms. The van der Waals surface area contributed by atoms with E-state index in [1.807, 2.05) is 0 Å². The third-order valence-electron chi connectivity index (χ3n) is 3.62. The minimum Gasteiger partial charge on any atom is -0.299 e. The summed E-state index contributed by atoms with van der Waals surface area (Å²) in [7, 11) is 4.05. The van der Waals surface area contributed by atoms with Crippen LogP contribution in [0.15, 0.2) is 0 Å². The lowest BCUT2D eigenvalue weighted by Gasteiger charge is -2.60. The van der Waals surface area contributed by atoms with E-state index in [1.165, 1.54) is 19.4 Å². The van der Waals surface area contributed by atoms with E-state index in [-0.39, 0.29) is 0 Å². The van der Waals surface area contributed by atoms with Crippen molar-refractivity contribution in [3.05, 3.63) is 7.05 Å². The van der Waals surface area contributed by atoms with Gasteiger partial charge in [-0.2, -0.15) is 0 Å². The van der Waals surface area contributed by atoms with E-state index in [1.54, 1.807) is 0 Å². The molecule has 0 aromatic heterocycles. The van der Waals surface area contributed by atoms with Gasteiger partial charge in [0.05, 0.1) is 0 Å². The quantitative estimate of drug-likeness (QED) is 0.494. The van der Waals surface area contributed by atoms with Gasteiger partial charge in [0.1, 0.15) is 0 Å². The van der Waals surface area contributed by atoms with E-state index >= 15 is 0 Å². The number of nitrogens with zero attached hydrogens (tertiary/aromatic N) is 1. The van der Waals surface area contributed by atoms with Crippen molar-refractivity contribution in [1.82, 2.24) is 4.90 Å². The van der Waals surface area contributed by atoms with E-state index < -0.39 is 0 Å². The van der Waals surface area contributed by atoms with Crippen LogP contribution in [0.3, 0.4) is 0 Å². The monoisotopic (exact) mass is 138 g/mol. The molecule has 2 atom stereocenters. The zero-order valence-corrected chi connectivity index (χ0v) is 6.93. The molecule has 2 aliphatic heterocycles. The molecule has 1 nitrogen and oxygen atoms in total. The molecular weight excluding hydrogens is 122 g/mol. The second kappa shape index (κ2) is 1.76. The van der Waals surface area contributed by atoms with Crippen LogP contribution >= 0.6 is 0 Å².